The van der Waals surface area contributed by atoms with Crippen molar-refractivity contribution in [2.75, 3.05) is 13.1 Å². The van der Waals surface area contributed by atoms with E-state index in [4.69, 9.17) is 4.74 Å². The molecule has 0 N–H and O–H groups in total. The second-order valence-electron chi connectivity index (χ2n) is 9.88. The molecule has 1 heterocycles. The zero-order valence-corrected chi connectivity index (χ0v) is 20.1. The number of nitrogens with zero attached hydrogens (tertiary/aromatic N) is 3. The minimum atomic E-state index is -0.739. The quantitative estimate of drug-likeness (QED) is 0.327. The molecule has 10 nitrogen and oxygen atoms in total. The van der Waals surface area contributed by atoms with Crippen LogP contribution >= 0.6 is 0 Å². The SMILES string of the molecule is CC(C)(C)OC(=O)N1CCC2(C1)/C(=C\c1ccc([N+](=O)[O-])cc1)C(=O)/C2=C/c1ccc([N+](=O)[O-])cc1. The van der Waals surface area contributed by atoms with Gasteiger partial charge < -0.3 is 9.64 Å². The fraction of sp³-hybridized carbons (Fsp3) is 0.308. The van der Waals surface area contributed by atoms with Gasteiger partial charge in [0.25, 0.3) is 11.4 Å². The van der Waals surface area contributed by atoms with Crippen molar-refractivity contribution < 1.29 is 24.2 Å². The number of Topliss-reactive ketones (excluding diaryl/α,β-unsaturated/α-hetero) is 1. The smallest absolute Gasteiger partial charge is 0.410 e. The van der Waals surface area contributed by atoms with E-state index in [1.54, 1.807) is 62.1 Å². The number of ether oxygens (including phenoxy) is 1. The van der Waals surface area contributed by atoms with E-state index in [0.29, 0.717) is 35.2 Å². The fourth-order valence-electron chi connectivity index (χ4n) is 4.52. The molecule has 10 heteroatoms. The van der Waals surface area contributed by atoms with Crippen molar-refractivity contribution in [2.45, 2.75) is 32.8 Å². The van der Waals surface area contributed by atoms with Gasteiger partial charge in [0.2, 0.25) is 0 Å². The molecule has 1 aliphatic heterocycles. The average Bonchev–Trinajstić information content (AvgIpc) is 3.28. The molecular formula is C26H25N3O7. The van der Waals surface area contributed by atoms with Gasteiger partial charge in [-0.05, 0) is 74.7 Å². The lowest BCUT2D eigenvalue weighted by atomic mass is 9.58. The first-order chi connectivity index (χ1) is 16.9. The van der Waals surface area contributed by atoms with Crippen LogP contribution in [0.1, 0.15) is 38.3 Å². The van der Waals surface area contributed by atoms with Gasteiger partial charge in [0.15, 0.2) is 5.78 Å². The van der Waals surface area contributed by atoms with Crippen LogP contribution in [0.2, 0.25) is 0 Å². The first kappa shape index (κ1) is 24.8. The number of carbonyl (C=O) groups is 2. The normalized spacial score (nSPS) is 21.6. The molecule has 186 valence electrons. The molecule has 0 unspecified atom stereocenters. The Bertz CT molecular complexity index is 1230. The van der Waals surface area contributed by atoms with Crippen molar-refractivity contribution >= 4 is 35.4 Å². The van der Waals surface area contributed by atoms with Crippen LogP contribution in [0.4, 0.5) is 16.2 Å². The molecule has 2 fully saturated rings. The lowest BCUT2D eigenvalue weighted by Gasteiger charge is -2.43. The molecule has 0 aromatic heterocycles. The van der Waals surface area contributed by atoms with E-state index >= 15 is 0 Å². The monoisotopic (exact) mass is 491 g/mol. The van der Waals surface area contributed by atoms with Crippen LogP contribution in [-0.4, -0.2) is 45.3 Å². The highest BCUT2D eigenvalue weighted by molar-refractivity contribution is 6.24. The van der Waals surface area contributed by atoms with Crippen LogP contribution in [0.25, 0.3) is 12.2 Å². The molecule has 1 spiro atoms. The van der Waals surface area contributed by atoms with Crippen molar-refractivity contribution in [2.24, 2.45) is 5.41 Å². The molecular weight excluding hydrogens is 466 g/mol. The number of hydrogen-bond donors (Lipinski definition) is 0. The summed E-state index contributed by atoms with van der Waals surface area (Å²) in [7, 11) is 0. The Morgan fingerprint density at radius 3 is 1.75 bits per heavy atom. The van der Waals surface area contributed by atoms with Crippen molar-refractivity contribution in [3.8, 4) is 0 Å². The number of nitro groups is 2. The highest BCUT2D eigenvalue weighted by atomic mass is 16.6. The van der Waals surface area contributed by atoms with Gasteiger partial charge in [-0.25, -0.2) is 4.79 Å². The molecule has 2 aromatic carbocycles. The van der Waals surface area contributed by atoms with E-state index in [1.165, 1.54) is 24.3 Å². The second-order valence-corrected chi connectivity index (χ2v) is 9.88. The molecule has 4 rings (SSSR count). The van der Waals surface area contributed by atoms with Crippen LogP contribution in [-0.2, 0) is 9.53 Å². The zero-order chi connectivity index (χ0) is 26.3. The van der Waals surface area contributed by atoms with E-state index in [2.05, 4.69) is 0 Å². The van der Waals surface area contributed by atoms with Crippen molar-refractivity contribution in [1.29, 1.82) is 0 Å². The van der Waals surface area contributed by atoms with Gasteiger partial charge in [0.1, 0.15) is 5.60 Å². The molecule has 0 radical (unpaired) electrons. The standard InChI is InChI=1S/C26H25N3O7/c1-25(2,3)36-24(31)27-13-12-26(16-27)21(14-17-4-8-19(9-5-17)28(32)33)23(30)22(26)15-18-6-10-20(11-7-18)29(34)35/h4-11,14-15H,12-13,16H2,1-3H3/b21-14-,22-15-. The zero-order valence-electron chi connectivity index (χ0n) is 20.1. The Kier molecular flexibility index (Phi) is 6.21. The number of nitro benzene ring substituents is 2. The lowest BCUT2D eigenvalue weighted by molar-refractivity contribution is -0.385. The summed E-state index contributed by atoms with van der Waals surface area (Å²) in [6.45, 7) is 5.97. The molecule has 1 aliphatic carbocycles. The Morgan fingerprint density at radius 2 is 1.36 bits per heavy atom. The maximum absolute atomic E-state index is 13.3. The molecule has 2 aliphatic rings. The highest BCUT2D eigenvalue weighted by Crippen LogP contribution is 2.55. The molecule has 0 bridgehead atoms. The van der Waals surface area contributed by atoms with Gasteiger partial charge in [-0.2, -0.15) is 0 Å². The van der Waals surface area contributed by atoms with Crippen LogP contribution in [0, 0.1) is 25.6 Å². The molecule has 2 aromatic rings. The van der Waals surface area contributed by atoms with Gasteiger partial charge >= 0.3 is 6.09 Å². The number of non-ortho nitro benzene ring substituents is 2. The predicted octanol–water partition coefficient (Wildman–Crippen LogP) is 5.18. The van der Waals surface area contributed by atoms with Gasteiger partial charge in [0.05, 0.1) is 9.85 Å². The molecule has 0 atom stereocenters. The van der Waals surface area contributed by atoms with Crippen LogP contribution < -0.4 is 0 Å². The largest absolute Gasteiger partial charge is 0.444 e. The highest BCUT2D eigenvalue weighted by Gasteiger charge is 2.57. The van der Waals surface area contributed by atoms with Crippen LogP contribution in [0.15, 0.2) is 59.7 Å². The van der Waals surface area contributed by atoms with Gasteiger partial charge in [0, 0.05) is 53.9 Å². The van der Waals surface area contributed by atoms with Crippen LogP contribution in [0.3, 0.4) is 0 Å². The lowest BCUT2D eigenvalue weighted by Crippen LogP contribution is -2.47. The number of hydrogen-bond acceptors (Lipinski definition) is 7. The Balaban J connectivity index is 1.70. The van der Waals surface area contributed by atoms with E-state index in [1.807, 2.05) is 0 Å². The fourth-order valence-corrected chi connectivity index (χ4v) is 4.52. The van der Waals surface area contributed by atoms with Crippen molar-refractivity contribution in [3.63, 3.8) is 0 Å². The summed E-state index contributed by atoms with van der Waals surface area (Å²) in [5.41, 5.74) is 0.771. The Labute approximate surface area is 207 Å². The van der Waals surface area contributed by atoms with E-state index in [-0.39, 0.29) is 23.7 Å². The molecule has 1 amide bonds. The Hall–Kier alpha value is -4.34. The van der Waals surface area contributed by atoms with E-state index in [9.17, 15) is 29.8 Å². The summed E-state index contributed by atoms with van der Waals surface area (Å²) >= 11 is 0. The maximum Gasteiger partial charge on any atom is 0.410 e. The van der Waals surface area contributed by atoms with Crippen molar-refractivity contribution in [1.82, 2.24) is 4.90 Å². The second kappa shape index (κ2) is 9.03. The summed E-state index contributed by atoms with van der Waals surface area (Å²) in [5, 5.41) is 21.9. The number of benzene rings is 2. The Morgan fingerprint density at radius 1 is 0.917 bits per heavy atom. The summed E-state index contributed by atoms with van der Waals surface area (Å²) < 4.78 is 5.52. The first-order valence-electron chi connectivity index (χ1n) is 11.4. The first-order valence-corrected chi connectivity index (χ1v) is 11.4. The summed E-state index contributed by atoms with van der Waals surface area (Å²) in [5.74, 6) is -0.197. The average molecular weight is 492 g/mol. The van der Waals surface area contributed by atoms with Gasteiger partial charge in [-0.3, -0.25) is 25.0 Å². The minimum Gasteiger partial charge on any atom is -0.444 e. The number of ketones is 1. The number of likely N-dealkylation sites (tertiary alicyclic amines) is 1. The summed E-state index contributed by atoms with van der Waals surface area (Å²) in [6.07, 6.45) is 3.44. The van der Waals surface area contributed by atoms with E-state index < -0.39 is 27.0 Å². The minimum absolute atomic E-state index is 0.0532. The molecule has 36 heavy (non-hydrogen) atoms. The number of carbonyl (C=O) groups excluding carboxylic acids is 2. The third-order valence-corrected chi connectivity index (χ3v) is 6.27. The third-order valence-electron chi connectivity index (χ3n) is 6.27. The van der Waals surface area contributed by atoms with E-state index in [0.717, 1.165) is 0 Å². The predicted molar refractivity (Wildman–Crippen MR) is 132 cm³/mol. The van der Waals surface area contributed by atoms with Gasteiger partial charge in [-0.1, -0.05) is 0 Å². The maximum atomic E-state index is 13.3. The summed E-state index contributed by atoms with van der Waals surface area (Å²) in [4.78, 5) is 48.6. The summed E-state index contributed by atoms with van der Waals surface area (Å²) in [6, 6.07) is 11.8. The number of rotatable bonds is 4. The third kappa shape index (κ3) is 4.74. The number of amides is 1. The van der Waals surface area contributed by atoms with Crippen molar-refractivity contribution in [3.05, 3.63) is 91.0 Å². The topological polar surface area (TPSA) is 133 Å². The van der Waals surface area contributed by atoms with Crippen LogP contribution in [0.5, 0.6) is 0 Å². The molecule has 1 saturated carbocycles. The van der Waals surface area contributed by atoms with Gasteiger partial charge in [-0.15, -0.1) is 0 Å². The molecule has 1 saturated heterocycles.